The largest absolute Gasteiger partial charge is 0.494 e. The molecule has 6 nitrogen and oxygen atoms in total. The van der Waals surface area contributed by atoms with Gasteiger partial charge in [0.05, 0.1) is 16.8 Å². The number of rotatable bonds is 5. The van der Waals surface area contributed by atoms with Gasteiger partial charge in [0.1, 0.15) is 22.8 Å². The highest BCUT2D eigenvalue weighted by Crippen LogP contribution is 2.31. The van der Waals surface area contributed by atoms with E-state index in [1.54, 1.807) is 6.92 Å². The topological polar surface area (TPSA) is 77.2 Å². The van der Waals surface area contributed by atoms with E-state index < -0.39 is 0 Å². The lowest BCUT2D eigenvalue weighted by molar-refractivity contribution is 0.102. The Balaban J connectivity index is 1.63. The van der Waals surface area contributed by atoms with Crippen molar-refractivity contribution in [1.29, 1.82) is 0 Å². The predicted octanol–water partition coefficient (Wildman–Crippen LogP) is 4.91. The normalized spacial score (nSPS) is 10.9. The van der Waals surface area contributed by atoms with Crippen molar-refractivity contribution in [3.05, 3.63) is 59.9 Å². The van der Waals surface area contributed by atoms with Gasteiger partial charge in [0, 0.05) is 5.56 Å². The van der Waals surface area contributed by atoms with Gasteiger partial charge in [-0.05, 0) is 32.0 Å². The van der Waals surface area contributed by atoms with Gasteiger partial charge in [0.15, 0.2) is 5.13 Å². The molecule has 7 heteroatoms. The van der Waals surface area contributed by atoms with Crippen LogP contribution in [0.2, 0.25) is 0 Å². The van der Waals surface area contributed by atoms with Crippen LogP contribution in [0.25, 0.3) is 21.5 Å². The summed E-state index contributed by atoms with van der Waals surface area (Å²) in [6, 6.07) is 15.2. The summed E-state index contributed by atoms with van der Waals surface area (Å²) in [6.45, 7) is 4.26. The first-order valence-corrected chi connectivity index (χ1v) is 9.34. The quantitative estimate of drug-likeness (QED) is 0.533. The van der Waals surface area contributed by atoms with Crippen molar-refractivity contribution < 1.29 is 14.1 Å². The van der Waals surface area contributed by atoms with Gasteiger partial charge in [-0.3, -0.25) is 10.1 Å². The fourth-order valence-electron chi connectivity index (χ4n) is 2.81. The second-order valence-corrected chi connectivity index (χ2v) is 6.89. The van der Waals surface area contributed by atoms with Crippen LogP contribution in [0.15, 0.2) is 53.1 Å². The van der Waals surface area contributed by atoms with Crippen molar-refractivity contribution in [3.8, 4) is 17.0 Å². The first-order valence-electron chi connectivity index (χ1n) is 8.52. The van der Waals surface area contributed by atoms with E-state index >= 15 is 0 Å². The molecule has 2 heterocycles. The third-order valence-corrected chi connectivity index (χ3v) is 4.96. The number of aryl methyl sites for hydroxylation is 1. The summed E-state index contributed by atoms with van der Waals surface area (Å²) in [4.78, 5) is 17.3. The molecule has 2 aromatic heterocycles. The Hall–Kier alpha value is -3.19. The van der Waals surface area contributed by atoms with Crippen molar-refractivity contribution in [3.63, 3.8) is 0 Å². The van der Waals surface area contributed by atoms with Crippen LogP contribution < -0.4 is 10.1 Å². The molecule has 4 rings (SSSR count). The lowest BCUT2D eigenvalue weighted by Crippen LogP contribution is -2.13. The number of carbonyl (C=O) groups excluding carboxylic acids is 1. The number of nitrogens with one attached hydrogen (secondary N) is 1. The van der Waals surface area contributed by atoms with Crippen molar-refractivity contribution in [2.75, 3.05) is 11.9 Å². The minimum atomic E-state index is -0.295. The Morgan fingerprint density at radius 3 is 2.81 bits per heavy atom. The van der Waals surface area contributed by atoms with Crippen LogP contribution in [0, 0.1) is 6.92 Å². The zero-order valence-corrected chi connectivity index (χ0v) is 15.7. The number of thiazole rings is 1. The van der Waals surface area contributed by atoms with Gasteiger partial charge in [-0.15, -0.1) is 0 Å². The third-order valence-electron chi connectivity index (χ3n) is 4.03. The molecule has 0 atom stereocenters. The molecule has 0 aliphatic heterocycles. The molecule has 2 aromatic carbocycles. The second kappa shape index (κ2) is 7.20. The fraction of sp³-hybridized carbons (Fsp3) is 0.150. The molecule has 0 aliphatic rings. The maximum atomic E-state index is 12.9. The molecule has 27 heavy (non-hydrogen) atoms. The SMILES string of the molecule is CCOc1ccc2nc(NC(=O)c3c(-c4ccccc4)noc3C)sc2c1. The number of aromatic nitrogens is 2. The lowest BCUT2D eigenvalue weighted by atomic mass is 10.1. The molecule has 1 amide bonds. The van der Waals surface area contributed by atoms with Gasteiger partial charge in [-0.2, -0.15) is 0 Å². The highest BCUT2D eigenvalue weighted by molar-refractivity contribution is 7.22. The van der Waals surface area contributed by atoms with E-state index in [4.69, 9.17) is 9.26 Å². The average molecular weight is 379 g/mol. The number of anilines is 1. The molecule has 136 valence electrons. The summed E-state index contributed by atoms with van der Waals surface area (Å²) in [7, 11) is 0. The van der Waals surface area contributed by atoms with Crippen LogP contribution in [0.1, 0.15) is 23.0 Å². The molecular weight excluding hydrogens is 362 g/mol. The van der Waals surface area contributed by atoms with Crippen LogP contribution >= 0.6 is 11.3 Å². The molecule has 0 bridgehead atoms. The van der Waals surface area contributed by atoms with Crippen LogP contribution in [0.5, 0.6) is 5.75 Å². The van der Waals surface area contributed by atoms with Crippen molar-refractivity contribution in [2.24, 2.45) is 0 Å². The number of hydrogen-bond donors (Lipinski definition) is 1. The Kier molecular flexibility index (Phi) is 4.60. The second-order valence-electron chi connectivity index (χ2n) is 5.86. The highest BCUT2D eigenvalue weighted by Gasteiger charge is 2.22. The number of nitrogens with zero attached hydrogens (tertiary/aromatic N) is 2. The molecule has 0 aliphatic carbocycles. The van der Waals surface area contributed by atoms with Crippen molar-refractivity contribution >= 4 is 32.6 Å². The van der Waals surface area contributed by atoms with E-state index in [2.05, 4.69) is 15.5 Å². The van der Waals surface area contributed by atoms with Gasteiger partial charge in [-0.1, -0.05) is 46.8 Å². The number of fused-ring (bicyclic) bond motifs is 1. The average Bonchev–Trinajstić information content (AvgIpc) is 3.25. The molecule has 0 spiro atoms. The summed E-state index contributed by atoms with van der Waals surface area (Å²) in [5.41, 5.74) is 2.56. The van der Waals surface area contributed by atoms with Crippen molar-refractivity contribution in [1.82, 2.24) is 10.1 Å². The lowest BCUT2D eigenvalue weighted by Gasteiger charge is -2.02. The Morgan fingerprint density at radius 1 is 1.22 bits per heavy atom. The number of benzene rings is 2. The zero-order valence-electron chi connectivity index (χ0n) is 14.9. The van der Waals surface area contributed by atoms with Crippen LogP contribution in [-0.4, -0.2) is 22.7 Å². The number of amides is 1. The first-order chi connectivity index (χ1) is 13.2. The number of carbonyl (C=O) groups is 1. The van der Waals surface area contributed by atoms with Gasteiger partial charge < -0.3 is 9.26 Å². The molecule has 0 fully saturated rings. The van der Waals surface area contributed by atoms with E-state index in [-0.39, 0.29) is 5.91 Å². The van der Waals surface area contributed by atoms with Crippen molar-refractivity contribution in [2.45, 2.75) is 13.8 Å². The van der Waals surface area contributed by atoms with E-state index in [0.717, 1.165) is 21.5 Å². The molecule has 0 radical (unpaired) electrons. The summed E-state index contributed by atoms with van der Waals surface area (Å²) in [5, 5.41) is 7.43. The smallest absolute Gasteiger partial charge is 0.263 e. The van der Waals surface area contributed by atoms with E-state index in [1.807, 2.05) is 55.5 Å². The Morgan fingerprint density at radius 2 is 2.04 bits per heavy atom. The van der Waals surface area contributed by atoms with Gasteiger partial charge in [0.2, 0.25) is 0 Å². The number of ether oxygens (including phenoxy) is 1. The maximum Gasteiger partial charge on any atom is 0.263 e. The zero-order chi connectivity index (χ0) is 18.8. The van der Waals surface area contributed by atoms with Crippen LogP contribution in [0.4, 0.5) is 5.13 Å². The minimum absolute atomic E-state index is 0.295. The van der Waals surface area contributed by atoms with Gasteiger partial charge in [0.25, 0.3) is 5.91 Å². The fourth-order valence-corrected chi connectivity index (χ4v) is 3.70. The highest BCUT2D eigenvalue weighted by atomic mass is 32.1. The predicted molar refractivity (Wildman–Crippen MR) is 105 cm³/mol. The van der Waals surface area contributed by atoms with E-state index in [0.29, 0.717) is 28.8 Å². The summed E-state index contributed by atoms with van der Waals surface area (Å²) in [5.74, 6) is 0.954. The van der Waals surface area contributed by atoms with E-state index in [1.165, 1.54) is 11.3 Å². The minimum Gasteiger partial charge on any atom is -0.494 e. The Bertz CT molecular complexity index is 1100. The summed E-state index contributed by atoms with van der Waals surface area (Å²) < 4.78 is 11.7. The summed E-state index contributed by atoms with van der Waals surface area (Å²) in [6.07, 6.45) is 0. The van der Waals surface area contributed by atoms with Gasteiger partial charge >= 0.3 is 0 Å². The molecule has 0 saturated heterocycles. The third kappa shape index (κ3) is 3.41. The Labute approximate surface area is 159 Å². The standard InChI is InChI=1S/C20H17N3O3S/c1-3-25-14-9-10-15-16(11-14)27-20(21-15)22-19(24)17-12(2)26-23-18(17)13-7-5-4-6-8-13/h4-11H,3H2,1-2H3,(H,21,22,24). The molecule has 0 saturated carbocycles. The van der Waals surface area contributed by atoms with Crippen LogP contribution in [-0.2, 0) is 0 Å². The maximum absolute atomic E-state index is 12.9. The monoisotopic (exact) mass is 379 g/mol. The molecule has 1 N–H and O–H groups in total. The van der Waals surface area contributed by atoms with E-state index in [9.17, 15) is 4.79 Å². The molecular formula is C20H17N3O3S. The van der Waals surface area contributed by atoms with Gasteiger partial charge in [-0.25, -0.2) is 4.98 Å². The number of hydrogen-bond acceptors (Lipinski definition) is 6. The first kappa shape index (κ1) is 17.2. The summed E-state index contributed by atoms with van der Waals surface area (Å²) >= 11 is 1.40. The molecule has 4 aromatic rings. The van der Waals surface area contributed by atoms with Crippen LogP contribution in [0.3, 0.4) is 0 Å². The molecule has 0 unspecified atom stereocenters.